The number of carboxylic acid groups (broad SMARTS) is 1. The number of benzene rings is 2. The summed E-state index contributed by atoms with van der Waals surface area (Å²) in [5.41, 5.74) is 1.97. The molecule has 21 heavy (non-hydrogen) atoms. The summed E-state index contributed by atoms with van der Waals surface area (Å²) in [7, 11) is 0. The molecule has 0 amide bonds. The third-order valence-electron chi connectivity index (χ3n) is 2.72. The highest BCUT2D eigenvalue weighted by Gasteiger charge is 2.11. The molecule has 0 aliphatic rings. The first-order chi connectivity index (χ1) is 9.88. The molecule has 0 saturated heterocycles. The second-order valence-electron chi connectivity index (χ2n) is 4.15. The van der Waals surface area contributed by atoms with E-state index in [1.165, 1.54) is 6.08 Å². The fraction of sp³-hybridized carbons (Fsp3) is 0. The normalized spacial score (nSPS) is 11.0. The van der Waals surface area contributed by atoms with Gasteiger partial charge in [0.25, 0.3) is 0 Å². The maximum atomic E-state index is 10.7. The lowest BCUT2D eigenvalue weighted by molar-refractivity contribution is -0.131. The average molecular weight is 362 g/mol. The number of rotatable bonds is 3. The molecule has 0 fully saturated rings. The standard InChI is InChI=1S/C15H8Cl4O2/c16-9-2-3-10(8(5-9)1-4-15(20)21)11-6-13(18)14(19)7-12(11)17/h1-7H,(H,20,21). The molecular formula is C15H8Cl4O2. The van der Waals surface area contributed by atoms with E-state index in [0.717, 1.165) is 6.08 Å². The lowest BCUT2D eigenvalue weighted by Crippen LogP contribution is -1.89. The molecule has 0 saturated carbocycles. The van der Waals surface area contributed by atoms with Crippen molar-refractivity contribution in [3.63, 3.8) is 0 Å². The molecular weight excluding hydrogens is 354 g/mol. The van der Waals surface area contributed by atoms with Crippen molar-refractivity contribution in [2.45, 2.75) is 0 Å². The first kappa shape index (κ1) is 16.2. The van der Waals surface area contributed by atoms with E-state index in [0.29, 0.717) is 36.8 Å². The van der Waals surface area contributed by atoms with Crippen LogP contribution in [0.15, 0.2) is 36.4 Å². The van der Waals surface area contributed by atoms with Crippen molar-refractivity contribution in [2.24, 2.45) is 0 Å². The zero-order valence-electron chi connectivity index (χ0n) is 10.4. The molecule has 2 nitrogen and oxygen atoms in total. The molecule has 0 heterocycles. The third-order valence-corrected chi connectivity index (χ3v) is 3.99. The van der Waals surface area contributed by atoms with Gasteiger partial charge in [-0.2, -0.15) is 0 Å². The zero-order valence-corrected chi connectivity index (χ0v) is 13.4. The minimum absolute atomic E-state index is 0.349. The Balaban J connectivity index is 2.64. The number of halogens is 4. The van der Waals surface area contributed by atoms with Crippen LogP contribution >= 0.6 is 46.4 Å². The van der Waals surface area contributed by atoms with Crippen molar-refractivity contribution in [1.82, 2.24) is 0 Å². The monoisotopic (exact) mass is 360 g/mol. The average Bonchev–Trinajstić information content (AvgIpc) is 2.41. The summed E-state index contributed by atoms with van der Waals surface area (Å²) in [6.45, 7) is 0. The van der Waals surface area contributed by atoms with E-state index in [4.69, 9.17) is 51.5 Å². The highest BCUT2D eigenvalue weighted by Crippen LogP contribution is 2.37. The molecule has 0 unspecified atom stereocenters. The van der Waals surface area contributed by atoms with Gasteiger partial charge in [-0.15, -0.1) is 0 Å². The SMILES string of the molecule is O=C(O)C=Cc1cc(Cl)ccc1-c1cc(Cl)c(Cl)cc1Cl. The lowest BCUT2D eigenvalue weighted by atomic mass is 9.99. The smallest absolute Gasteiger partial charge is 0.328 e. The molecule has 0 radical (unpaired) electrons. The Labute approximate surface area is 141 Å². The molecule has 0 aromatic heterocycles. The van der Waals surface area contributed by atoms with Crippen LogP contribution in [0.5, 0.6) is 0 Å². The van der Waals surface area contributed by atoms with Crippen LogP contribution in [-0.2, 0) is 4.79 Å². The van der Waals surface area contributed by atoms with Crippen molar-refractivity contribution in [2.75, 3.05) is 0 Å². The fourth-order valence-electron chi connectivity index (χ4n) is 1.81. The maximum Gasteiger partial charge on any atom is 0.328 e. The van der Waals surface area contributed by atoms with Crippen LogP contribution in [0, 0.1) is 0 Å². The Morgan fingerprint density at radius 3 is 2.24 bits per heavy atom. The summed E-state index contributed by atoms with van der Waals surface area (Å²) in [6, 6.07) is 8.26. The van der Waals surface area contributed by atoms with Crippen LogP contribution < -0.4 is 0 Å². The summed E-state index contributed by atoms with van der Waals surface area (Å²) < 4.78 is 0. The Morgan fingerprint density at radius 1 is 0.905 bits per heavy atom. The Bertz CT molecular complexity index is 739. The number of carbonyl (C=O) groups is 1. The van der Waals surface area contributed by atoms with Crippen molar-refractivity contribution in [3.8, 4) is 11.1 Å². The molecule has 108 valence electrons. The van der Waals surface area contributed by atoms with Gasteiger partial charge in [-0.05, 0) is 41.5 Å². The highest BCUT2D eigenvalue weighted by atomic mass is 35.5. The summed E-state index contributed by atoms with van der Waals surface area (Å²) in [5, 5.41) is 10.4. The number of hydrogen-bond donors (Lipinski definition) is 1. The van der Waals surface area contributed by atoms with E-state index in [2.05, 4.69) is 0 Å². The van der Waals surface area contributed by atoms with Gasteiger partial charge in [-0.1, -0.05) is 52.5 Å². The van der Waals surface area contributed by atoms with Crippen molar-refractivity contribution in [3.05, 3.63) is 62.1 Å². The fourth-order valence-corrected chi connectivity index (χ4v) is 2.64. The van der Waals surface area contributed by atoms with Gasteiger partial charge < -0.3 is 5.11 Å². The Kier molecular flexibility index (Phi) is 5.17. The molecule has 2 rings (SSSR count). The maximum absolute atomic E-state index is 10.7. The highest BCUT2D eigenvalue weighted by molar-refractivity contribution is 6.44. The number of aliphatic carboxylic acids is 1. The van der Waals surface area contributed by atoms with Crippen LogP contribution in [0.1, 0.15) is 5.56 Å². The van der Waals surface area contributed by atoms with Crippen molar-refractivity contribution >= 4 is 58.4 Å². The first-order valence-electron chi connectivity index (χ1n) is 5.74. The van der Waals surface area contributed by atoms with E-state index in [9.17, 15) is 4.79 Å². The molecule has 6 heteroatoms. The molecule has 0 aliphatic carbocycles. The molecule has 2 aromatic rings. The van der Waals surface area contributed by atoms with Gasteiger partial charge in [-0.25, -0.2) is 4.79 Å². The van der Waals surface area contributed by atoms with E-state index >= 15 is 0 Å². The summed E-state index contributed by atoms with van der Waals surface area (Å²) >= 11 is 24.1. The molecule has 2 aromatic carbocycles. The van der Waals surface area contributed by atoms with Gasteiger partial charge in [0.15, 0.2) is 0 Å². The zero-order chi connectivity index (χ0) is 15.6. The van der Waals surface area contributed by atoms with Gasteiger partial charge in [0.05, 0.1) is 10.0 Å². The van der Waals surface area contributed by atoms with Crippen LogP contribution in [0.25, 0.3) is 17.2 Å². The second-order valence-corrected chi connectivity index (χ2v) is 5.81. The summed E-state index contributed by atoms with van der Waals surface area (Å²) in [4.78, 5) is 10.7. The summed E-state index contributed by atoms with van der Waals surface area (Å²) in [5.74, 6) is -1.05. The molecule has 0 atom stereocenters. The van der Waals surface area contributed by atoms with Crippen LogP contribution in [0.2, 0.25) is 20.1 Å². The van der Waals surface area contributed by atoms with Gasteiger partial charge in [0.2, 0.25) is 0 Å². The topological polar surface area (TPSA) is 37.3 Å². The molecule has 1 N–H and O–H groups in total. The Hall–Kier alpha value is -1.19. The summed E-state index contributed by atoms with van der Waals surface area (Å²) in [6.07, 6.45) is 2.48. The van der Waals surface area contributed by atoms with Crippen LogP contribution in [-0.4, -0.2) is 11.1 Å². The van der Waals surface area contributed by atoms with Gasteiger partial charge in [-0.3, -0.25) is 0 Å². The van der Waals surface area contributed by atoms with Gasteiger partial charge in [0, 0.05) is 21.7 Å². The molecule has 0 spiro atoms. The minimum atomic E-state index is -1.05. The van der Waals surface area contributed by atoms with Crippen LogP contribution in [0.4, 0.5) is 0 Å². The van der Waals surface area contributed by atoms with Crippen molar-refractivity contribution in [1.29, 1.82) is 0 Å². The predicted octanol–water partition coefficient (Wildman–Crippen LogP) is 6.07. The molecule has 0 aliphatic heterocycles. The molecule has 0 bridgehead atoms. The minimum Gasteiger partial charge on any atom is -0.478 e. The van der Waals surface area contributed by atoms with E-state index in [1.54, 1.807) is 30.3 Å². The lowest BCUT2D eigenvalue weighted by Gasteiger charge is -2.10. The van der Waals surface area contributed by atoms with E-state index < -0.39 is 5.97 Å². The third kappa shape index (κ3) is 3.92. The number of hydrogen-bond acceptors (Lipinski definition) is 1. The van der Waals surface area contributed by atoms with E-state index in [1.807, 2.05) is 0 Å². The van der Waals surface area contributed by atoms with Crippen LogP contribution in [0.3, 0.4) is 0 Å². The number of carboxylic acids is 1. The first-order valence-corrected chi connectivity index (χ1v) is 7.25. The van der Waals surface area contributed by atoms with Crippen molar-refractivity contribution < 1.29 is 9.90 Å². The largest absolute Gasteiger partial charge is 0.478 e. The predicted molar refractivity (Wildman–Crippen MR) is 88.6 cm³/mol. The quantitative estimate of drug-likeness (QED) is 0.532. The second kappa shape index (κ2) is 6.71. The van der Waals surface area contributed by atoms with Gasteiger partial charge >= 0.3 is 5.97 Å². The van der Waals surface area contributed by atoms with Gasteiger partial charge in [0.1, 0.15) is 0 Å². The van der Waals surface area contributed by atoms with E-state index in [-0.39, 0.29) is 0 Å². The Morgan fingerprint density at radius 2 is 1.57 bits per heavy atom.